The summed E-state index contributed by atoms with van der Waals surface area (Å²) in [5.74, 6) is 1.16. The smallest absolute Gasteiger partial charge is 0.316 e. The van der Waals surface area contributed by atoms with E-state index in [1.807, 2.05) is 90.1 Å². The van der Waals surface area contributed by atoms with Gasteiger partial charge in [0, 0.05) is 11.1 Å². The molecule has 0 spiro atoms. The van der Waals surface area contributed by atoms with Gasteiger partial charge in [-0.1, -0.05) is 88.4 Å². The number of aromatic hydroxyl groups is 2. The molecule has 0 aromatic heterocycles. The number of carbonyl (C=O) groups is 2. The lowest BCUT2D eigenvalue weighted by Gasteiger charge is -2.24. The third kappa shape index (κ3) is 9.71. The Bertz CT molecular complexity index is 1560. The predicted molar refractivity (Wildman–Crippen MR) is 189 cm³/mol. The van der Waals surface area contributed by atoms with Crippen molar-refractivity contribution in [2.24, 2.45) is 10.8 Å². The summed E-state index contributed by atoms with van der Waals surface area (Å²) < 4.78 is 11.1. The Balaban J connectivity index is 0.000000203. The molecule has 2 N–H and O–H groups in total. The number of rotatable bonds is 8. The van der Waals surface area contributed by atoms with Crippen molar-refractivity contribution in [3.05, 3.63) is 114 Å². The molecule has 0 heterocycles. The van der Waals surface area contributed by atoms with Gasteiger partial charge in [0.1, 0.15) is 17.2 Å². The van der Waals surface area contributed by atoms with Crippen molar-refractivity contribution in [3.8, 4) is 28.4 Å². The van der Waals surface area contributed by atoms with Crippen LogP contribution in [0.5, 0.6) is 17.2 Å². The Morgan fingerprint density at radius 3 is 1.53 bits per heavy atom. The van der Waals surface area contributed by atoms with Crippen LogP contribution in [-0.2, 0) is 14.3 Å². The van der Waals surface area contributed by atoms with E-state index in [9.17, 15) is 9.59 Å². The zero-order chi connectivity index (χ0) is 34.8. The van der Waals surface area contributed by atoms with Crippen LogP contribution in [0.1, 0.15) is 103 Å². The highest BCUT2D eigenvalue weighted by Gasteiger charge is 2.35. The van der Waals surface area contributed by atoms with Gasteiger partial charge in [-0.2, -0.15) is 0 Å². The standard InChI is InChI=1S/C19H20O2.C12H16O3.C10H14O/c1-4-19(2,3)18(20)21-17-15-11-7-5-9-13(15)14-10-6-8-12-16(14)17;1-4-12(2,3)11(14)15-10-7-5-9(13)6-8-10;1-3-8(2)9-4-6-10(11)7-5-9/h5-12,17H,4H2,1-3H3;5-8,13H,4H2,1-3H3;4-8,11H,3H2,1-2H3. The lowest BCUT2D eigenvalue weighted by Crippen LogP contribution is -2.28. The first-order chi connectivity index (χ1) is 22.2. The van der Waals surface area contributed by atoms with Crippen molar-refractivity contribution in [3.63, 3.8) is 0 Å². The Kier molecular flexibility index (Phi) is 12.8. The molecule has 0 saturated heterocycles. The lowest BCUT2D eigenvalue weighted by molar-refractivity contribution is -0.158. The van der Waals surface area contributed by atoms with E-state index in [1.165, 1.54) is 28.8 Å². The third-order valence-electron chi connectivity index (χ3n) is 9.00. The normalized spacial score (nSPS) is 12.7. The van der Waals surface area contributed by atoms with Crippen LogP contribution in [0.4, 0.5) is 0 Å². The Morgan fingerprint density at radius 1 is 0.660 bits per heavy atom. The SMILES string of the molecule is CCC(C)(C)C(=O)OC1c2ccccc2-c2ccccc21.CCC(C)(C)C(=O)Oc1ccc(O)cc1.CCC(C)c1ccc(O)cc1. The molecule has 0 saturated carbocycles. The molecule has 0 aliphatic heterocycles. The van der Waals surface area contributed by atoms with E-state index in [0.29, 0.717) is 17.4 Å². The van der Waals surface area contributed by atoms with Crippen LogP contribution in [0.15, 0.2) is 97.1 Å². The Hall–Kier alpha value is -4.58. The molecule has 6 heteroatoms. The minimum atomic E-state index is -0.474. The first kappa shape index (κ1) is 36.9. The molecule has 250 valence electrons. The van der Waals surface area contributed by atoms with Crippen molar-refractivity contribution in [1.29, 1.82) is 0 Å². The molecule has 0 radical (unpaired) electrons. The van der Waals surface area contributed by atoms with Crippen LogP contribution in [0.25, 0.3) is 11.1 Å². The lowest BCUT2D eigenvalue weighted by atomic mass is 9.90. The van der Waals surface area contributed by atoms with Crippen LogP contribution in [0.2, 0.25) is 0 Å². The molecule has 1 atom stereocenters. The summed E-state index contributed by atoms with van der Waals surface area (Å²) in [5.41, 5.74) is 4.87. The van der Waals surface area contributed by atoms with Gasteiger partial charge in [-0.05, 0) is 106 Å². The number of hydrogen-bond donors (Lipinski definition) is 2. The second kappa shape index (κ2) is 16.3. The maximum absolute atomic E-state index is 12.4. The van der Waals surface area contributed by atoms with Gasteiger partial charge in [0.2, 0.25) is 0 Å². The highest BCUT2D eigenvalue weighted by atomic mass is 16.5. The summed E-state index contributed by atoms with van der Waals surface area (Å²) in [6.45, 7) is 15.9. The van der Waals surface area contributed by atoms with Gasteiger partial charge >= 0.3 is 11.9 Å². The number of hydrogen-bond acceptors (Lipinski definition) is 6. The first-order valence-corrected chi connectivity index (χ1v) is 16.4. The monoisotopic (exact) mass is 638 g/mol. The van der Waals surface area contributed by atoms with Crippen molar-refractivity contribution in [2.45, 2.75) is 86.7 Å². The molecule has 47 heavy (non-hydrogen) atoms. The van der Waals surface area contributed by atoms with E-state index < -0.39 is 10.8 Å². The van der Waals surface area contributed by atoms with Gasteiger partial charge < -0.3 is 19.7 Å². The second-order valence-electron chi connectivity index (χ2n) is 13.2. The average Bonchev–Trinajstić information content (AvgIpc) is 3.39. The fourth-order valence-electron chi connectivity index (χ4n) is 4.59. The average molecular weight is 639 g/mol. The third-order valence-corrected chi connectivity index (χ3v) is 9.00. The number of ether oxygens (including phenoxy) is 2. The molecule has 0 fully saturated rings. The van der Waals surface area contributed by atoms with Crippen LogP contribution in [0.3, 0.4) is 0 Å². The summed E-state index contributed by atoms with van der Waals surface area (Å²) in [4.78, 5) is 24.1. The topological polar surface area (TPSA) is 93.1 Å². The molecular weight excluding hydrogens is 588 g/mol. The molecule has 1 unspecified atom stereocenters. The Morgan fingerprint density at radius 2 is 1.09 bits per heavy atom. The highest BCUT2D eigenvalue weighted by Crippen LogP contribution is 2.46. The zero-order valence-corrected chi connectivity index (χ0v) is 29.0. The van der Waals surface area contributed by atoms with Crippen molar-refractivity contribution in [1.82, 2.24) is 0 Å². The molecular formula is C41H50O6. The number of phenols is 2. The molecule has 5 rings (SSSR count). The molecule has 1 aliphatic rings. The van der Waals surface area contributed by atoms with Gasteiger partial charge in [0.05, 0.1) is 10.8 Å². The maximum Gasteiger partial charge on any atom is 0.316 e. The van der Waals surface area contributed by atoms with Crippen molar-refractivity contribution < 1.29 is 29.3 Å². The molecule has 4 aromatic rings. The van der Waals surface area contributed by atoms with Gasteiger partial charge in [-0.3, -0.25) is 9.59 Å². The molecule has 6 nitrogen and oxygen atoms in total. The number of fused-ring (bicyclic) bond motifs is 3. The second-order valence-corrected chi connectivity index (χ2v) is 13.2. The highest BCUT2D eigenvalue weighted by molar-refractivity contribution is 5.81. The summed E-state index contributed by atoms with van der Waals surface area (Å²) in [6, 6.07) is 29.9. The van der Waals surface area contributed by atoms with E-state index in [-0.39, 0.29) is 23.8 Å². The van der Waals surface area contributed by atoms with Crippen LogP contribution >= 0.6 is 0 Å². The van der Waals surface area contributed by atoms with Crippen LogP contribution in [0, 0.1) is 10.8 Å². The van der Waals surface area contributed by atoms with E-state index >= 15 is 0 Å². The number of benzene rings is 4. The minimum absolute atomic E-state index is 0.137. The van der Waals surface area contributed by atoms with Crippen LogP contribution < -0.4 is 4.74 Å². The number of carbonyl (C=O) groups excluding carboxylic acids is 2. The Labute approximate surface area is 280 Å². The van der Waals surface area contributed by atoms with Gasteiger partial charge in [-0.25, -0.2) is 0 Å². The number of phenolic OH excluding ortho intramolecular Hbond substituents is 2. The fraction of sp³-hybridized carbons (Fsp3) is 0.366. The zero-order valence-electron chi connectivity index (χ0n) is 29.0. The summed E-state index contributed by atoms with van der Waals surface area (Å²) in [7, 11) is 0. The summed E-state index contributed by atoms with van der Waals surface area (Å²) >= 11 is 0. The van der Waals surface area contributed by atoms with E-state index in [2.05, 4.69) is 26.0 Å². The molecule has 4 aromatic carbocycles. The van der Waals surface area contributed by atoms with E-state index in [4.69, 9.17) is 19.7 Å². The van der Waals surface area contributed by atoms with Gasteiger partial charge in [-0.15, -0.1) is 0 Å². The minimum Gasteiger partial charge on any atom is -0.508 e. The van der Waals surface area contributed by atoms with Gasteiger partial charge in [0.15, 0.2) is 6.10 Å². The largest absolute Gasteiger partial charge is 0.508 e. The molecule has 1 aliphatic carbocycles. The first-order valence-electron chi connectivity index (χ1n) is 16.4. The van der Waals surface area contributed by atoms with Crippen molar-refractivity contribution >= 4 is 11.9 Å². The van der Waals surface area contributed by atoms with E-state index in [1.54, 1.807) is 24.3 Å². The predicted octanol–water partition coefficient (Wildman–Crippen LogP) is 10.4. The maximum atomic E-state index is 12.4. The van der Waals surface area contributed by atoms with Gasteiger partial charge in [0.25, 0.3) is 0 Å². The quantitative estimate of drug-likeness (QED) is 0.147. The number of esters is 2. The summed E-state index contributed by atoms with van der Waals surface area (Å²) in [6.07, 6.45) is 2.35. The van der Waals surface area contributed by atoms with Crippen molar-refractivity contribution in [2.75, 3.05) is 0 Å². The van der Waals surface area contributed by atoms with Crippen LogP contribution in [-0.4, -0.2) is 22.2 Å². The fourth-order valence-corrected chi connectivity index (χ4v) is 4.59. The summed E-state index contributed by atoms with van der Waals surface area (Å²) in [5, 5.41) is 18.1. The van der Waals surface area contributed by atoms with E-state index in [0.717, 1.165) is 30.4 Å². The molecule has 0 bridgehead atoms. The molecule has 0 amide bonds.